The molecular formula is C18H15NO6S2. The Kier molecular flexibility index (Phi) is 4.63. The van der Waals surface area contributed by atoms with Crippen molar-refractivity contribution in [2.45, 2.75) is 10.1 Å². The van der Waals surface area contributed by atoms with E-state index in [-0.39, 0.29) is 29.9 Å². The van der Waals surface area contributed by atoms with Gasteiger partial charge in [-0.1, -0.05) is 6.07 Å². The van der Waals surface area contributed by atoms with Gasteiger partial charge in [0, 0.05) is 12.6 Å². The van der Waals surface area contributed by atoms with Crippen LogP contribution in [0.5, 0.6) is 11.5 Å². The van der Waals surface area contributed by atoms with E-state index in [1.807, 2.05) is 0 Å². The average molecular weight is 405 g/mol. The van der Waals surface area contributed by atoms with Gasteiger partial charge in [0.25, 0.3) is 5.91 Å². The summed E-state index contributed by atoms with van der Waals surface area (Å²) in [6, 6.07) is 11.1. The molecule has 27 heavy (non-hydrogen) atoms. The van der Waals surface area contributed by atoms with E-state index in [0.717, 1.165) is 0 Å². The first-order valence-corrected chi connectivity index (χ1v) is 10.5. The lowest BCUT2D eigenvalue weighted by Gasteiger charge is -2.16. The van der Waals surface area contributed by atoms with Crippen LogP contribution in [-0.4, -0.2) is 27.7 Å². The van der Waals surface area contributed by atoms with Gasteiger partial charge in [-0.3, -0.25) is 4.79 Å². The zero-order chi connectivity index (χ0) is 18.9. The minimum atomic E-state index is -3.85. The van der Waals surface area contributed by atoms with Crippen molar-refractivity contribution >= 4 is 27.1 Å². The van der Waals surface area contributed by atoms with Gasteiger partial charge in [-0.05, 0) is 35.7 Å². The lowest BCUT2D eigenvalue weighted by atomic mass is 10.3. The number of ether oxygens (including phenoxy) is 2. The van der Waals surface area contributed by atoms with Crippen molar-refractivity contribution < 1.29 is 27.1 Å². The summed E-state index contributed by atoms with van der Waals surface area (Å²) < 4.78 is 42.3. The molecule has 1 aliphatic rings. The van der Waals surface area contributed by atoms with Crippen molar-refractivity contribution in [1.29, 1.82) is 0 Å². The van der Waals surface area contributed by atoms with Crippen molar-refractivity contribution in [1.82, 2.24) is 5.32 Å². The van der Waals surface area contributed by atoms with Crippen molar-refractivity contribution in [3.63, 3.8) is 0 Å². The lowest BCUT2D eigenvalue weighted by Crippen LogP contribution is -2.31. The molecule has 9 heteroatoms. The molecule has 0 radical (unpaired) electrons. The number of hydrogen-bond acceptors (Lipinski definition) is 7. The summed E-state index contributed by atoms with van der Waals surface area (Å²) in [6.45, 7) is -0.0711. The molecule has 7 nitrogen and oxygen atoms in total. The average Bonchev–Trinajstić information content (AvgIpc) is 3.42. The van der Waals surface area contributed by atoms with Crippen molar-refractivity contribution in [3.05, 3.63) is 64.7 Å². The van der Waals surface area contributed by atoms with Crippen LogP contribution in [0.4, 0.5) is 0 Å². The molecule has 0 unspecified atom stereocenters. The number of carbonyl (C=O) groups is 1. The van der Waals surface area contributed by atoms with Crippen molar-refractivity contribution in [2.75, 3.05) is 13.3 Å². The van der Waals surface area contributed by atoms with E-state index >= 15 is 0 Å². The molecule has 3 heterocycles. The summed E-state index contributed by atoms with van der Waals surface area (Å²) in [5, 5.41) is 3.39. The Balaban J connectivity index is 1.63. The van der Waals surface area contributed by atoms with Crippen LogP contribution in [0.25, 0.3) is 0 Å². The molecule has 0 aliphatic carbocycles. The molecule has 0 saturated heterocycles. The van der Waals surface area contributed by atoms with Gasteiger partial charge < -0.3 is 19.2 Å². The third-order valence-corrected chi connectivity index (χ3v) is 7.03. The number of sulfone groups is 1. The van der Waals surface area contributed by atoms with Gasteiger partial charge in [-0.25, -0.2) is 8.42 Å². The fourth-order valence-corrected chi connectivity index (χ4v) is 4.98. The van der Waals surface area contributed by atoms with Crippen LogP contribution in [0.15, 0.2) is 63.4 Å². The minimum Gasteiger partial charge on any atom is -0.468 e. The Labute approximate surface area is 159 Å². The standard InChI is InChI=1S/C18H15NO6S2/c20-18(16-4-2-8-26-16)19-10-17(14-3-1-7-23-14)27(21,22)12-5-6-13-15(9-12)25-11-24-13/h1-9,17H,10-11H2,(H,19,20)/t17-/m0/s1. The second-order valence-electron chi connectivity index (χ2n) is 5.75. The molecule has 1 aliphatic heterocycles. The van der Waals surface area contributed by atoms with Crippen LogP contribution >= 0.6 is 11.3 Å². The van der Waals surface area contributed by atoms with Crippen LogP contribution in [-0.2, 0) is 9.84 Å². The quantitative estimate of drug-likeness (QED) is 0.677. The molecule has 2 aromatic heterocycles. The van der Waals surface area contributed by atoms with Crippen LogP contribution in [0, 0.1) is 0 Å². The normalized spacial score (nSPS) is 14.1. The molecule has 0 saturated carbocycles. The Morgan fingerprint density at radius 3 is 2.74 bits per heavy atom. The van der Waals surface area contributed by atoms with Gasteiger partial charge in [0.1, 0.15) is 11.0 Å². The van der Waals surface area contributed by atoms with Gasteiger partial charge in [0.2, 0.25) is 6.79 Å². The maximum absolute atomic E-state index is 13.2. The molecule has 1 aromatic carbocycles. The number of nitrogens with one attached hydrogen (secondary N) is 1. The van der Waals surface area contributed by atoms with E-state index in [1.165, 1.54) is 29.7 Å². The molecule has 3 aromatic rings. The molecule has 1 N–H and O–H groups in total. The first-order chi connectivity index (χ1) is 13.1. The topological polar surface area (TPSA) is 94.8 Å². The van der Waals surface area contributed by atoms with Crippen molar-refractivity contribution in [3.8, 4) is 11.5 Å². The molecule has 0 fully saturated rings. The highest BCUT2D eigenvalue weighted by Crippen LogP contribution is 2.37. The highest BCUT2D eigenvalue weighted by molar-refractivity contribution is 7.91. The molecule has 1 amide bonds. The smallest absolute Gasteiger partial charge is 0.261 e. The molecular weight excluding hydrogens is 390 g/mol. The summed E-state index contributed by atoms with van der Waals surface area (Å²) in [5.74, 6) is 0.785. The maximum atomic E-state index is 13.2. The number of benzene rings is 1. The summed E-state index contributed by atoms with van der Waals surface area (Å²) in [7, 11) is -3.85. The summed E-state index contributed by atoms with van der Waals surface area (Å²) >= 11 is 1.28. The number of thiophene rings is 1. The van der Waals surface area contributed by atoms with Crippen LogP contribution in [0.1, 0.15) is 20.7 Å². The van der Waals surface area contributed by atoms with E-state index in [9.17, 15) is 13.2 Å². The fourth-order valence-electron chi connectivity index (χ4n) is 2.74. The summed E-state index contributed by atoms with van der Waals surface area (Å²) in [4.78, 5) is 12.8. The van der Waals surface area contributed by atoms with Gasteiger partial charge in [0.15, 0.2) is 21.3 Å². The SMILES string of the molecule is O=C(NC[C@@H](c1ccco1)S(=O)(=O)c1ccc2c(c1)OCO2)c1cccs1. The Morgan fingerprint density at radius 1 is 1.15 bits per heavy atom. The third kappa shape index (κ3) is 3.43. The first kappa shape index (κ1) is 17.6. The number of fused-ring (bicyclic) bond motifs is 1. The minimum absolute atomic E-state index is 0.0529. The number of hydrogen-bond donors (Lipinski definition) is 1. The Hall–Kier alpha value is -2.78. The number of carbonyl (C=O) groups excluding carboxylic acids is 1. The molecule has 4 rings (SSSR count). The van der Waals surface area contributed by atoms with Gasteiger partial charge in [-0.15, -0.1) is 11.3 Å². The zero-order valence-corrected chi connectivity index (χ0v) is 15.6. The second kappa shape index (κ2) is 7.09. The largest absolute Gasteiger partial charge is 0.468 e. The summed E-state index contributed by atoms with van der Waals surface area (Å²) in [5.41, 5.74) is 0. The predicted octanol–water partition coefficient (Wildman–Crippen LogP) is 3.01. The van der Waals surface area contributed by atoms with Crippen LogP contribution < -0.4 is 14.8 Å². The van der Waals surface area contributed by atoms with Gasteiger partial charge in [-0.2, -0.15) is 0 Å². The highest BCUT2D eigenvalue weighted by atomic mass is 32.2. The highest BCUT2D eigenvalue weighted by Gasteiger charge is 2.33. The van der Waals surface area contributed by atoms with E-state index in [1.54, 1.807) is 35.7 Å². The van der Waals surface area contributed by atoms with Crippen LogP contribution in [0.3, 0.4) is 0 Å². The van der Waals surface area contributed by atoms with E-state index in [4.69, 9.17) is 13.9 Å². The van der Waals surface area contributed by atoms with Gasteiger partial charge in [0.05, 0.1) is 16.0 Å². The maximum Gasteiger partial charge on any atom is 0.261 e. The van der Waals surface area contributed by atoms with E-state index in [2.05, 4.69) is 5.32 Å². The second-order valence-corrected chi connectivity index (χ2v) is 8.83. The zero-order valence-electron chi connectivity index (χ0n) is 14.0. The van der Waals surface area contributed by atoms with E-state index in [0.29, 0.717) is 16.4 Å². The van der Waals surface area contributed by atoms with Crippen molar-refractivity contribution in [2.24, 2.45) is 0 Å². The van der Waals surface area contributed by atoms with Crippen LogP contribution in [0.2, 0.25) is 0 Å². The van der Waals surface area contributed by atoms with Gasteiger partial charge >= 0.3 is 0 Å². The number of amides is 1. The number of rotatable bonds is 6. The molecule has 0 bridgehead atoms. The Morgan fingerprint density at radius 2 is 2.00 bits per heavy atom. The fraction of sp³-hybridized carbons (Fsp3) is 0.167. The molecule has 0 spiro atoms. The predicted molar refractivity (Wildman–Crippen MR) is 97.9 cm³/mol. The Bertz CT molecular complexity index is 1040. The molecule has 140 valence electrons. The molecule has 1 atom stereocenters. The third-order valence-electron chi connectivity index (χ3n) is 4.10. The first-order valence-electron chi connectivity index (χ1n) is 8.04. The summed E-state index contributed by atoms with van der Waals surface area (Å²) in [6.07, 6.45) is 1.40. The monoisotopic (exact) mass is 405 g/mol. The lowest BCUT2D eigenvalue weighted by molar-refractivity contribution is 0.0957. The van der Waals surface area contributed by atoms with E-state index < -0.39 is 15.1 Å². The number of furan rings is 1.